The number of hydrogen-bond donors (Lipinski definition) is 0. The Morgan fingerprint density at radius 1 is 1.57 bits per heavy atom. The zero-order valence-electron chi connectivity index (χ0n) is 4.42. The molecule has 44 valence electrons. The first kappa shape index (κ1) is 10.1. The molecule has 0 N–H and O–H groups in total. The second-order valence-electron chi connectivity index (χ2n) is 1.28. The molecule has 0 saturated heterocycles. The molecule has 0 nitrogen and oxygen atoms in total. The molecule has 0 aromatic heterocycles. The summed E-state index contributed by atoms with van der Waals surface area (Å²) in [5.41, 5.74) is 0. The Balaban J connectivity index is 0. The molecule has 0 atom stereocenters. The van der Waals surface area contributed by atoms with Gasteiger partial charge in [0.25, 0.3) is 0 Å². The minimum atomic E-state index is 0. The summed E-state index contributed by atoms with van der Waals surface area (Å²) in [6.45, 7) is 2.11. The van der Waals surface area contributed by atoms with Gasteiger partial charge in [0.1, 0.15) is 0 Å². The molecule has 0 aromatic carbocycles. The quantitative estimate of drug-likeness (QED) is 0.240. The molecule has 0 aromatic rings. The summed E-state index contributed by atoms with van der Waals surface area (Å²) < 4.78 is 0. The molecule has 0 rings (SSSR count). The molecular formula is C6H9Cu. The summed E-state index contributed by atoms with van der Waals surface area (Å²) in [4.78, 5) is 0. The third-order valence-electron chi connectivity index (χ3n) is 0.655. The van der Waals surface area contributed by atoms with Crippen molar-refractivity contribution in [2.75, 3.05) is 0 Å². The maximum absolute atomic E-state index is 6.46. The molecule has 0 saturated carbocycles. The molecule has 0 aliphatic heterocycles. The molecule has 0 fully saturated rings. The van der Waals surface area contributed by atoms with Crippen molar-refractivity contribution in [3.63, 3.8) is 0 Å². The van der Waals surface area contributed by atoms with Crippen LogP contribution in [0.3, 0.4) is 0 Å². The fourth-order valence-corrected chi connectivity index (χ4v) is 0.265. The van der Waals surface area contributed by atoms with E-state index in [2.05, 4.69) is 12.8 Å². The molecule has 7 heavy (non-hydrogen) atoms. The van der Waals surface area contributed by atoms with Crippen LogP contribution in [-0.2, 0) is 17.1 Å². The number of rotatable bonds is 2. The molecule has 0 aliphatic carbocycles. The smallest absolute Gasteiger partial charge is 0.694 e. The maximum Gasteiger partial charge on any atom is 1.00 e. The van der Waals surface area contributed by atoms with Gasteiger partial charge in [-0.25, -0.2) is 0 Å². The summed E-state index contributed by atoms with van der Waals surface area (Å²) in [6.07, 6.45) is 9.57. The van der Waals surface area contributed by atoms with Gasteiger partial charge in [-0.2, -0.15) is 0 Å². The van der Waals surface area contributed by atoms with E-state index < -0.39 is 0 Å². The van der Waals surface area contributed by atoms with Gasteiger partial charge in [0.05, 0.1) is 0 Å². The van der Waals surface area contributed by atoms with Crippen LogP contribution in [0.4, 0.5) is 0 Å². The SMILES string of the molecule is [C-]#CCCCC.[Cu+]. The van der Waals surface area contributed by atoms with Gasteiger partial charge in [0, 0.05) is 0 Å². The molecule has 1 heteroatoms. The topological polar surface area (TPSA) is 0 Å². The van der Waals surface area contributed by atoms with Gasteiger partial charge < -0.3 is 12.3 Å². The van der Waals surface area contributed by atoms with Crippen molar-refractivity contribution in [2.45, 2.75) is 26.2 Å². The van der Waals surface area contributed by atoms with E-state index in [0.29, 0.717) is 0 Å². The molecular weight excluding hydrogens is 136 g/mol. The zero-order valence-corrected chi connectivity index (χ0v) is 5.36. The Kier molecular flexibility index (Phi) is 13.7. The van der Waals surface area contributed by atoms with Crippen LogP contribution in [0.5, 0.6) is 0 Å². The molecule has 0 amide bonds. The summed E-state index contributed by atoms with van der Waals surface area (Å²) in [7, 11) is 0. The normalized spacial score (nSPS) is 6.29. The second-order valence-corrected chi connectivity index (χ2v) is 1.28. The Morgan fingerprint density at radius 2 is 2.14 bits per heavy atom. The average molecular weight is 145 g/mol. The largest absolute Gasteiger partial charge is 1.00 e. The van der Waals surface area contributed by atoms with E-state index in [-0.39, 0.29) is 17.1 Å². The Labute approximate surface area is 56.2 Å². The van der Waals surface area contributed by atoms with E-state index in [0.717, 1.165) is 12.8 Å². The van der Waals surface area contributed by atoms with Crippen molar-refractivity contribution >= 4 is 0 Å². The standard InChI is InChI=1S/C6H9.Cu/c1-3-5-6-4-2;/h3,5-6H2,1H3;/q-1;+1. The third kappa shape index (κ3) is 10.7. The van der Waals surface area contributed by atoms with Crippen LogP contribution in [0.1, 0.15) is 26.2 Å². The summed E-state index contributed by atoms with van der Waals surface area (Å²) >= 11 is 0. The maximum atomic E-state index is 6.46. The van der Waals surface area contributed by atoms with Crippen molar-refractivity contribution in [2.24, 2.45) is 0 Å². The van der Waals surface area contributed by atoms with Crippen molar-refractivity contribution < 1.29 is 17.1 Å². The predicted octanol–water partition coefficient (Wildman–Crippen LogP) is 1.76. The van der Waals surface area contributed by atoms with Gasteiger partial charge in [-0.1, -0.05) is 13.3 Å². The van der Waals surface area contributed by atoms with Crippen LogP contribution >= 0.6 is 0 Å². The van der Waals surface area contributed by atoms with E-state index in [1.54, 1.807) is 0 Å². The van der Waals surface area contributed by atoms with Crippen molar-refractivity contribution in [1.82, 2.24) is 0 Å². The third-order valence-corrected chi connectivity index (χ3v) is 0.655. The molecule has 0 bridgehead atoms. The van der Waals surface area contributed by atoms with Crippen molar-refractivity contribution in [3.05, 3.63) is 6.42 Å². The first-order chi connectivity index (χ1) is 2.91. The van der Waals surface area contributed by atoms with Crippen molar-refractivity contribution in [3.8, 4) is 5.92 Å². The molecule has 0 heterocycles. The van der Waals surface area contributed by atoms with Gasteiger partial charge in [-0.15, -0.1) is 0 Å². The van der Waals surface area contributed by atoms with Gasteiger partial charge >= 0.3 is 17.1 Å². The predicted molar refractivity (Wildman–Crippen MR) is 26.7 cm³/mol. The number of hydrogen-bond acceptors (Lipinski definition) is 0. The second kappa shape index (κ2) is 9.43. The van der Waals surface area contributed by atoms with E-state index in [4.69, 9.17) is 6.42 Å². The first-order valence-electron chi connectivity index (χ1n) is 2.31. The van der Waals surface area contributed by atoms with Gasteiger partial charge in [0.2, 0.25) is 0 Å². The van der Waals surface area contributed by atoms with Crippen molar-refractivity contribution in [1.29, 1.82) is 0 Å². The van der Waals surface area contributed by atoms with Gasteiger partial charge in [0.15, 0.2) is 0 Å². The van der Waals surface area contributed by atoms with E-state index in [1.165, 1.54) is 6.42 Å². The summed E-state index contributed by atoms with van der Waals surface area (Å²) in [5.74, 6) is 2.32. The molecule has 0 radical (unpaired) electrons. The Hall–Kier alpha value is 0.0795. The first-order valence-corrected chi connectivity index (χ1v) is 2.31. The fraction of sp³-hybridized carbons (Fsp3) is 0.667. The summed E-state index contributed by atoms with van der Waals surface area (Å²) in [5, 5.41) is 0. The number of unbranched alkanes of at least 4 members (excludes halogenated alkanes) is 2. The Bertz CT molecular complexity index is 51.7. The van der Waals surface area contributed by atoms with Crippen LogP contribution in [0.25, 0.3) is 0 Å². The average Bonchev–Trinajstić information content (AvgIpc) is 1.61. The van der Waals surface area contributed by atoms with E-state index in [9.17, 15) is 0 Å². The minimum Gasteiger partial charge on any atom is -0.694 e. The van der Waals surface area contributed by atoms with Crippen LogP contribution in [0, 0.1) is 12.3 Å². The fourth-order valence-electron chi connectivity index (χ4n) is 0.265. The molecule has 0 spiro atoms. The van der Waals surface area contributed by atoms with Crippen LogP contribution < -0.4 is 0 Å². The minimum absolute atomic E-state index is 0. The van der Waals surface area contributed by atoms with Crippen LogP contribution in [0.15, 0.2) is 0 Å². The van der Waals surface area contributed by atoms with Gasteiger partial charge in [-0.05, 0) is 12.8 Å². The molecule has 0 aliphatic rings. The Morgan fingerprint density at radius 3 is 2.29 bits per heavy atom. The van der Waals surface area contributed by atoms with Crippen LogP contribution in [0.2, 0.25) is 0 Å². The molecule has 0 unspecified atom stereocenters. The monoisotopic (exact) mass is 144 g/mol. The summed E-state index contributed by atoms with van der Waals surface area (Å²) in [6, 6.07) is 0. The van der Waals surface area contributed by atoms with Crippen LogP contribution in [-0.4, -0.2) is 0 Å². The van der Waals surface area contributed by atoms with Gasteiger partial charge in [-0.3, -0.25) is 0 Å². The van der Waals surface area contributed by atoms with E-state index >= 15 is 0 Å². The zero-order chi connectivity index (χ0) is 4.83. The van der Waals surface area contributed by atoms with E-state index in [1.807, 2.05) is 0 Å².